The van der Waals surface area contributed by atoms with E-state index in [4.69, 9.17) is 0 Å². The smallest absolute Gasteiger partial charge is 0.100 e. The predicted octanol–water partition coefficient (Wildman–Crippen LogP) is 11.7. The Labute approximate surface area is 243 Å². The summed E-state index contributed by atoms with van der Waals surface area (Å²) in [6.45, 7) is 42.6. The number of hydrogen-bond donors (Lipinski definition) is 0. The molecular formula is C30H57P4Sn+3. The van der Waals surface area contributed by atoms with Gasteiger partial charge in [0.25, 0.3) is 0 Å². The second-order valence-corrected chi connectivity index (χ2v) is 22.0. The third-order valence-electron chi connectivity index (χ3n) is 5.87. The molecule has 2 radical (unpaired) electrons. The summed E-state index contributed by atoms with van der Waals surface area (Å²) in [6, 6.07) is 0. The van der Waals surface area contributed by atoms with Crippen molar-refractivity contribution in [2.45, 2.75) is 157 Å². The van der Waals surface area contributed by atoms with Crippen LogP contribution in [0.2, 0.25) is 0 Å². The molecule has 0 N–H and O–H groups in total. The van der Waals surface area contributed by atoms with Gasteiger partial charge in [0, 0.05) is 18.9 Å². The van der Waals surface area contributed by atoms with Crippen LogP contribution in [-0.4, -0.2) is 23.9 Å². The van der Waals surface area contributed by atoms with Crippen LogP contribution in [0.4, 0.5) is 0 Å². The zero-order valence-corrected chi connectivity index (χ0v) is 33.2. The molecule has 35 heavy (non-hydrogen) atoms. The van der Waals surface area contributed by atoms with Gasteiger partial charge < -0.3 is 0 Å². The Hall–Kier alpha value is 1.22. The minimum absolute atomic E-state index is 0. The monoisotopic (exact) mass is 661 g/mol. The maximum absolute atomic E-state index is 2.37. The van der Waals surface area contributed by atoms with Crippen LogP contribution < -0.4 is 0 Å². The summed E-state index contributed by atoms with van der Waals surface area (Å²) in [6.07, 6.45) is 0. The molecule has 0 saturated carbocycles. The van der Waals surface area contributed by atoms with Gasteiger partial charge in [-0.15, -0.1) is 8.19 Å². The number of rotatable bonds is 0. The normalized spacial score (nSPS) is 14.7. The van der Waals surface area contributed by atoms with Crippen LogP contribution in [0.1, 0.15) is 156 Å². The van der Waals surface area contributed by atoms with Crippen molar-refractivity contribution in [3.8, 4) is 0 Å². The molecule has 0 bridgehead atoms. The van der Waals surface area contributed by atoms with Gasteiger partial charge in [0.05, 0.1) is 18.5 Å². The molecule has 0 spiro atoms. The van der Waals surface area contributed by atoms with Crippen molar-refractivity contribution in [3.63, 3.8) is 0 Å². The Kier molecular flexibility index (Phi) is 12.2. The van der Waals surface area contributed by atoms with Gasteiger partial charge in [0.2, 0.25) is 0 Å². The van der Waals surface area contributed by atoms with Gasteiger partial charge in [0.1, 0.15) is 0 Å². The van der Waals surface area contributed by atoms with Crippen LogP contribution in [-0.2, 0) is 32.5 Å². The van der Waals surface area contributed by atoms with Crippen molar-refractivity contribution in [1.82, 2.24) is 0 Å². The fourth-order valence-electron chi connectivity index (χ4n) is 3.72. The summed E-state index contributed by atoms with van der Waals surface area (Å²) in [5, 5.41) is 10.3. The average molecular weight is 660 g/mol. The van der Waals surface area contributed by atoms with Crippen LogP contribution in [0.3, 0.4) is 0 Å². The number of hydrogen-bond acceptors (Lipinski definition) is 0. The molecule has 2 aromatic heterocycles. The van der Waals surface area contributed by atoms with E-state index in [9.17, 15) is 0 Å². The second-order valence-electron chi connectivity index (χ2n) is 16.2. The van der Waals surface area contributed by atoms with E-state index in [1.165, 1.54) is 8.19 Å². The van der Waals surface area contributed by atoms with E-state index in [-0.39, 0.29) is 23.9 Å². The van der Waals surface area contributed by atoms with E-state index >= 15 is 0 Å². The molecule has 2 rings (SSSR count). The minimum atomic E-state index is 0. The van der Waals surface area contributed by atoms with Gasteiger partial charge in [0.15, 0.2) is 5.03 Å². The summed E-state index contributed by atoms with van der Waals surface area (Å²) in [5.41, 5.74) is 2.03. The molecule has 0 amide bonds. The molecule has 0 aliphatic heterocycles. The van der Waals surface area contributed by atoms with Crippen molar-refractivity contribution >= 4 is 56.7 Å². The molecule has 3 unspecified atom stereocenters. The van der Waals surface area contributed by atoms with E-state index < -0.39 is 0 Å². The SMILES string of the molecule is CC(C)(C)c1[pH+]c(C(C)(C)C)[c-](C(C)(C)C)[pH+]1.CC(C)(C)c1p[c-](C(C)(C)C)[pH+]c1C(C)(C)C.[Sn+2]. The Balaban J connectivity index is 0.000000642. The van der Waals surface area contributed by atoms with E-state index in [1.54, 1.807) is 31.2 Å². The van der Waals surface area contributed by atoms with Crippen LogP contribution in [0, 0.1) is 0 Å². The molecule has 0 aliphatic rings. The predicted molar refractivity (Wildman–Crippen MR) is 176 cm³/mol. The first-order valence-corrected chi connectivity index (χ1v) is 16.8. The maximum atomic E-state index is 2.37. The molecular weight excluding hydrogens is 603 g/mol. The summed E-state index contributed by atoms with van der Waals surface area (Å²) in [7, 11) is 4.36. The van der Waals surface area contributed by atoms with E-state index in [2.05, 4.69) is 125 Å². The molecule has 3 atom stereocenters. The standard InChI is InChI=1S/2C15H28P2.Sn/c2*1-13(2,3)10-11(14(4,5)6)17-12(16-10)15(7,8)9;/h2*16H,1-9H3;/q;;+2/p+1. The van der Waals surface area contributed by atoms with Crippen LogP contribution in [0.25, 0.3) is 0 Å². The summed E-state index contributed by atoms with van der Waals surface area (Å²) >= 11 is 0. The van der Waals surface area contributed by atoms with Crippen molar-refractivity contribution in [2.24, 2.45) is 0 Å². The maximum Gasteiger partial charge on any atom is 2.00 e. The molecule has 0 saturated heterocycles. The topological polar surface area (TPSA) is 0 Å². The summed E-state index contributed by atoms with van der Waals surface area (Å²) < 4.78 is 0. The zero-order valence-electron chi connectivity index (χ0n) is 26.4. The Morgan fingerprint density at radius 3 is 1.23 bits per heavy atom. The van der Waals surface area contributed by atoms with Gasteiger partial charge in [-0.1, -0.05) is 130 Å². The van der Waals surface area contributed by atoms with E-state index in [0.717, 1.165) is 24.6 Å². The third-order valence-corrected chi connectivity index (χ3v) is 16.5. The van der Waals surface area contributed by atoms with E-state index in [0.29, 0.717) is 32.5 Å². The Morgan fingerprint density at radius 1 is 0.543 bits per heavy atom. The molecule has 2 aromatic rings. The van der Waals surface area contributed by atoms with E-state index in [1.807, 2.05) is 0 Å². The second kappa shape index (κ2) is 11.8. The van der Waals surface area contributed by atoms with Crippen LogP contribution in [0.5, 0.6) is 0 Å². The summed E-state index contributed by atoms with van der Waals surface area (Å²) in [4.78, 5) is 0. The first kappa shape index (κ1) is 36.2. The summed E-state index contributed by atoms with van der Waals surface area (Å²) in [5.74, 6) is 0. The van der Waals surface area contributed by atoms with Gasteiger partial charge in [-0.25, -0.2) is 0 Å². The molecule has 0 aliphatic carbocycles. The largest absolute Gasteiger partial charge is 2.00 e. The minimum Gasteiger partial charge on any atom is -0.100 e. The fourth-order valence-corrected chi connectivity index (χ4v) is 12.1. The van der Waals surface area contributed by atoms with Gasteiger partial charge in [-0.2, -0.15) is 0 Å². The van der Waals surface area contributed by atoms with Gasteiger partial charge in [-0.05, 0) is 40.6 Å². The third kappa shape index (κ3) is 10.4. The Morgan fingerprint density at radius 2 is 1.00 bits per heavy atom. The van der Waals surface area contributed by atoms with Crippen molar-refractivity contribution in [2.75, 3.05) is 0 Å². The average Bonchev–Trinajstić information content (AvgIpc) is 3.18. The molecule has 198 valence electrons. The molecule has 0 fully saturated rings. The molecule has 0 aromatic carbocycles. The quantitative estimate of drug-likeness (QED) is 0.195. The van der Waals surface area contributed by atoms with Crippen LogP contribution >= 0.6 is 32.8 Å². The first-order valence-electron chi connectivity index (χ1n) is 12.9. The Bertz CT molecular complexity index is 808. The van der Waals surface area contributed by atoms with Crippen LogP contribution in [0.15, 0.2) is 0 Å². The molecule has 2 heterocycles. The molecule has 0 nitrogen and oxygen atoms in total. The zero-order chi connectivity index (χ0) is 27.3. The van der Waals surface area contributed by atoms with Gasteiger partial charge >= 0.3 is 23.9 Å². The van der Waals surface area contributed by atoms with Crippen molar-refractivity contribution in [3.05, 3.63) is 31.2 Å². The molecule has 5 heteroatoms. The van der Waals surface area contributed by atoms with Gasteiger partial charge in [-0.3, -0.25) is 0 Å². The first-order chi connectivity index (χ1) is 14.7. The fraction of sp³-hybridized carbons (Fsp3) is 0.800. The van der Waals surface area contributed by atoms with Crippen molar-refractivity contribution < 1.29 is 0 Å². The van der Waals surface area contributed by atoms with Crippen molar-refractivity contribution in [1.29, 1.82) is 0 Å².